The van der Waals surface area contributed by atoms with Crippen molar-refractivity contribution < 1.29 is 9.59 Å². The number of piperidine rings is 1. The number of hydrogen-bond acceptors (Lipinski definition) is 2. The van der Waals surface area contributed by atoms with Crippen molar-refractivity contribution in [1.29, 1.82) is 0 Å². The molecule has 2 amide bonds. The van der Waals surface area contributed by atoms with Crippen molar-refractivity contribution in [2.24, 2.45) is 0 Å². The molecule has 0 unspecified atom stereocenters. The van der Waals surface area contributed by atoms with E-state index < -0.39 is 0 Å². The van der Waals surface area contributed by atoms with Crippen molar-refractivity contribution >= 4 is 12.3 Å². The van der Waals surface area contributed by atoms with E-state index in [-0.39, 0.29) is 18.0 Å². The number of carbonyl (C=O) groups is 2. The molecule has 1 aromatic rings. The van der Waals surface area contributed by atoms with Crippen LogP contribution in [-0.4, -0.2) is 29.8 Å². The van der Waals surface area contributed by atoms with Crippen LogP contribution >= 0.6 is 0 Å². The van der Waals surface area contributed by atoms with E-state index in [1.54, 1.807) is 4.90 Å². The summed E-state index contributed by atoms with van der Waals surface area (Å²) in [5, 5.41) is 2.99. The van der Waals surface area contributed by atoms with Crippen LogP contribution in [0.2, 0.25) is 0 Å². The predicted molar refractivity (Wildman–Crippen MR) is 73.4 cm³/mol. The molecule has 0 bridgehead atoms. The quantitative estimate of drug-likeness (QED) is 0.840. The number of nitrogens with zero attached hydrogens (tertiary/aromatic N) is 1. The van der Waals surface area contributed by atoms with Crippen LogP contribution < -0.4 is 5.32 Å². The van der Waals surface area contributed by atoms with Gasteiger partial charge in [0.25, 0.3) is 0 Å². The van der Waals surface area contributed by atoms with Crippen molar-refractivity contribution in [1.82, 2.24) is 10.2 Å². The molecule has 19 heavy (non-hydrogen) atoms. The molecule has 1 saturated heterocycles. The Kier molecular flexibility index (Phi) is 4.55. The first-order valence-electron chi connectivity index (χ1n) is 6.78. The van der Waals surface area contributed by atoms with Gasteiger partial charge in [-0.25, -0.2) is 0 Å². The number of nitrogens with one attached hydrogen (secondary N) is 1. The van der Waals surface area contributed by atoms with E-state index in [9.17, 15) is 9.59 Å². The van der Waals surface area contributed by atoms with Crippen LogP contribution in [0.15, 0.2) is 30.3 Å². The minimum absolute atomic E-state index is 0.0378. The maximum atomic E-state index is 12.2. The van der Waals surface area contributed by atoms with Crippen LogP contribution in [-0.2, 0) is 9.59 Å². The molecule has 1 heterocycles. The fraction of sp³-hybridized carbons (Fsp3) is 0.467. The van der Waals surface area contributed by atoms with Crippen LogP contribution in [0.1, 0.15) is 37.8 Å². The second kappa shape index (κ2) is 6.36. The first-order valence-corrected chi connectivity index (χ1v) is 6.78. The lowest BCUT2D eigenvalue weighted by Crippen LogP contribution is -2.49. The second-order valence-electron chi connectivity index (χ2n) is 5.00. The third-order valence-electron chi connectivity index (χ3n) is 3.64. The first-order chi connectivity index (χ1) is 9.22. The average Bonchev–Trinajstić information content (AvgIpc) is 2.48. The summed E-state index contributed by atoms with van der Waals surface area (Å²) in [6, 6.07) is 9.49. The molecule has 102 valence electrons. The van der Waals surface area contributed by atoms with Crippen LogP contribution in [0.4, 0.5) is 0 Å². The SMILES string of the molecule is C[C@H](NC(=O)[C@@H]1CCCCN1C=O)c1ccccc1. The number of benzene rings is 1. The topological polar surface area (TPSA) is 49.4 Å². The Balaban J connectivity index is 1.98. The zero-order valence-corrected chi connectivity index (χ0v) is 11.2. The van der Waals surface area contributed by atoms with Crippen molar-refractivity contribution in [2.45, 2.75) is 38.3 Å². The Morgan fingerprint density at radius 3 is 2.79 bits per heavy atom. The molecule has 2 rings (SSSR count). The van der Waals surface area contributed by atoms with Gasteiger partial charge in [-0.2, -0.15) is 0 Å². The lowest BCUT2D eigenvalue weighted by Gasteiger charge is -2.32. The lowest BCUT2D eigenvalue weighted by atomic mass is 10.0. The molecule has 0 saturated carbocycles. The van der Waals surface area contributed by atoms with Gasteiger partial charge in [0.15, 0.2) is 0 Å². The molecular formula is C15H20N2O2. The highest BCUT2D eigenvalue weighted by Crippen LogP contribution is 2.17. The number of amides is 2. The standard InChI is InChI=1S/C15H20N2O2/c1-12(13-7-3-2-4-8-13)16-15(19)14-9-5-6-10-17(14)11-18/h2-4,7-8,11-12,14H,5-6,9-10H2,1H3,(H,16,19)/t12-,14-/m0/s1. The highest BCUT2D eigenvalue weighted by molar-refractivity contribution is 5.84. The fourth-order valence-electron chi connectivity index (χ4n) is 2.50. The summed E-state index contributed by atoms with van der Waals surface area (Å²) in [5.41, 5.74) is 1.07. The summed E-state index contributed by atoms with van der Waals surface area (Å²) in [6.07, 6.45) is 3.53. The zero-order chi connectivity index (χ0) is 13.7. The van der Waals surface area contributed by atoms with E-state index in [1.165, 1.54) is 0 Å². The summed E-state index contributed by atoms with van der Waals surface area (Å²) in [7, 11) is 0. The number of hydrogen-bond donors (Lipinski definition) is 1. The molecule has 2 atom stereocenters. The predicted octanol–water partition coefficient (Wildman–Crippen LogP) is 1.87. The smallest absolute Gasteiger partial charge is 0.243 e. The fourth-order valence-corrected chi connectivity index (χ4v) is 2.50. The number of rotatable bonds is 4. The maximum Gasteiger partial charge on any atom is 0.243 e. The van der Waals surface area contributed by atoms with Gasteiger partial charge in [0.2, 0.25) is 12.3 Å². The van der Waals surface area contributed by atoms with Gasteiger partial charge in [-0.3, -0.25) is 9.59 Å². The Morgan fingerprint density at radius 1 is 1.37 bits per heavy atom. The summed E-state index contributed by atoms with van der Waals surface area (Å²) in [6.45, 7) is 2.64. The third kappa shape index (κ3) is 3.34. The van der Waals surface area contributed by atoms with Crippen LogP contribution in [0.3, 0.4) is 0 Å². The van der Waals surface area contributed by atoms with Crippen molar-refractivity contribution in [3.63, 3.8) is 0 Å². The van der Waals surface area contributed by atoms with Gasteiger partial charge in [-0.15, -0.1) is 0 Å². The monoisotopic (exact) mass is 260 g/mol. The van der Waals surface area contributed by atoms with E-state index >= 15 is 0 Å². The number of likely N-dealkylation sites (tertiary alicyclic amines) is 1. The van der Waals surface area contributed by atoms with Gasteiger partial charge in [0.1, 0.15) is 6.04 Å². The van der Waals surface area contributed by atoms with E-state index in [4.69, 9.17) is 0 Å². The summed E-state index contributed by atoms with van der Waals surface area (Å²) in [5.74, 6) is -0.0526. The minimum atomic E-state index is -0.308. The van der Waals surface area contributed by atoms with Gasteiger partial charge >= 0.3 is 0 Å². The van der Waals surface area contributed by atoms with Gasteiger partial charge < -0.3 is 10.2 Å². The van der Waals surface area contributed by atoms with E-state index in [2.05, 4.69) is 5.32 Å². The average molecular weight is 260 g/mol. The van der Waals surface area contributed by atoms with Crippen LogP contribution in [0, 0.1) is 0 Å². The van der Waals surface area contributed by atoms with Crippen LogP contribution in [0.25, 0.3) is 0 Å². The molecule has 0 aliphatic carbocycles. The highest BCUT2D eigenvalue weighted by Gasteiger charge is 2.28. The Hall–Kier alpha value is -1.84. The molecule has 0 aromatic heterocycles. The molecular weight excluding hydrogens is 240 g/mol. The largest absolute Gasteiger partial charge is 0.348 e. The molecule has 1 aromatic carbocycles. The van der Waals surface area contributed by atoms with Crippen molar-refractivity contribution in [2.75, 3.05) is 6.54 Å². The first kappa shape index (κ1) is 13.6. The van der Waals surface area contributed by atoms with Gasteiger partial charge in [0.05, 0.1) is 6.04 Å². The Bertz CT molecular complexity index is 433. The van der Waals surface area contributed by atoms with E-state index in [0.717, 1.165) is 31.2 Å². The normalized spacial score (nSPS) is 20.7. The number of carbonyl (C=O) groups excluding carboxylic acids is 2. The molecule has 1 N–H and O–H groups in total. The van der Waals surface area contributed by atoms with Crippen molar-refractivity contribution in [3.8, 4) is 0 Å². The zero-order valence-electron chi connectivity index (χ0n) is 11.2. The molecule has 1 aliphatic rings. The lowest BCUT2D eigenvalue weighted by molar-refractivity contribution is -0.135. The van der Waals surface area contributed by atoms with E-state index in [0.29, 0.717) is 6.54 Å². The summed E-state index contributed by atoms with van der Waals surface area (Å²) in [4.78, 5) is 24.8. The van der Waals surface area contributed by atoms with Gasteiger partial charge in [0, 0.05) is 6.54 Å². The summed E-state index contributed by atoms with van der Waals surface area (Å²) < 4.78 is 0. The maximum absolute atomic E-state index is 12.2. The van der Waals surface area contributed by atoms with Gasteiger partial charge in [-0.05, 0) is 31.7 Å². The van der Waals surface area contributed by atoms with Crippen LogP contribution in [0.5, 0.6) is 0 Å². The Labute approximate surface area is 113 Å². The third-order valence-corrected chi connectivity index (χ3v) is 3.64. The van der Waals surface area contributed by atoms with E-state index in [1.807, 2.05) is 37.3 Å². The molecule has 1 aliphatic heterocycles. The molecule has 1 fully saturated rings. The molecule has 0 spiro atoms. The molecule has 4 nitrogen and oxygen atoms in total. The second-order valence-corrected chi connectivity index (χ2v) is 5.00. The Morgan fingerprint density at radius 2 is 2.11 bits per heavy atom. The van der Waals surface area contributed by atoms with Gasteiger partial charge in [-0.1, -0.05) is 30.3 Å². The highest BCUT2D eigenvalue weighted by atomic mass is 16.2. The molecule has 4 heteroatoms. The summed E-state index contributed by atoms with van der Waals surface area (Å²) >= 11 is 0. The minimum Gasteiger partial charge on any atom is -0.348 e. The van der Waals surface area contributed by atoms with Crippen molar-refractivity contribution in [3.05, 3.63) is 35.9 Å². The molecule has 0 radical (unpaired) electrons.